The highest BCUT2D eigenvalue weighted by Crippen LogP contribution is 2.03. The number of carbonyl (C=O) groups excluding carboxylic acids is 4. The van der Waals surface area contributed by atoms with Gasteiger partial charge < -0.3 is 32.5 Å². The van der Waals surface area contributed by atoms with E-state index < -0.39 is 66.1 Å². The van der Waals surface area contributed by atoms with Gasteiger partial charge in [-0.1, -0.05) is 13.8 Å². The van der Waals surface area contributed by atoms with Crippen molar-refractivity contribution in [3.63, 3.8) is 0 Å². The molecule has 0 aromatic rings. The van der Waals surface area contributed by atoms with Gasteiger partial charge in [0.05, 0.1) is 12.5 Å². The number of hydrogen-bond acceptors (Lipinski definition) is 6. The summed E-state index contributed by atoms with van der Waals surface area (Å²) in [5.41, 5.74) is 10.5. The number of hydrogen-bond donors (Lipinski definition) is 6. The Morgan fingerprint density at radius 3 is 1.81 bits per heavy atom. The summed E-state index contributed by atoms with van der Waals surface area (Å²) < 4.78 is 0. The molecule has 0 aromatic carbocycles. The first-order valence-electron chi connectivity index (χ1n) is 8.04. The number of primary amides is 1. The van der Waals surface area contributed by atoms with Crippen molar-refractivity contribution in [1.29, 1.82) is 0 Å². The maximum Gasteiger partial charge on any atom is 0.326 e. The molecule has 0 heterocycles. The lowest BCUT2D eigenvalue weighted by Crippen LogP contribution is -2.57. The molecule has 4 unspecified atom stereocenters. The normalized spacial score (nSPS) is 15.3. The molecule has 0 spiro atoms. The van der Waals surface area contributed by atoms with Gasteiger partial charge in [0.2, 0.25) is 23.6 Å². The van der Waals surface area contributed by atoms with Crippen LogP contribution in [0.2, 0.25) is 0 Å². The summed E-state index contributed by atoms with van der Waals surface area (Å²) in [6, 6.07) is -4.45. The quantitative estimate of drug-likeness (QED) is 0.242. The third kappa shape index (κ3) is 7.92. The van der Waals surface area contributed by atoms with Crippen LogP contribution in [-0.4, -0.2) is 58.9 Å². The number of nitrogens with one attached hydrogen (secondary N) is 3. The predicted octanol–water partition coefficient (Wildman–Crippen LogP) is -2.58. The molecule has 11 nitrogen and oxygen atoms in total. The summed E-state index contributed by atoms with van der Waals surface area (Å²) in [7, 11) is 0. The van der Waals surface area contributed by atoms with Crippen LogP contribution in [0, 0.1) is 5.92 Å². The van der Waals surface area contributed by atoms with E-state index in [9.17, 15) is 24.0 Å². The van der Waals surface area contributed by atoms with E-state index in [1.165, 1.54) is 13.8 Å². The van der Waals surface area contributed by atoms with Crippen molar-refractivity contribution in [1.82, 2.24) is 16.0 Å². The van der Waals surface area contributed by atoms with Gasteiger partial charge in [0.15, 0.2) is 0 Å². The summed E-state index contributed by atoms with van der Waals surface area (Å²) in [5, 5.41) is 16.0. The standard InChI is InChI=1S/C15H27N5O6/c1-6(2)11(15(25)26)20-14(24)9(5-10(17)21)19-13(23)8(4)18-12(22)7(3)16/h6-9,11H,5,16H2,1-4H3,(H2,17,21)(H,18,22)(H,19,23)(H,20,24)(H,25,26). The summed E-state index contributed by atoms with van der Waals surface area (Å²) in [4.78, 5) is 58.3. The Kier molecular flexibility index (Phi) is 9.27. The Hall–Kier alpha value is -2.69. The van der Waals surface area contributed by atoms with Crippen molar-refractivity contribution in [2.24, 2.45) is 17.4 Å². The summed E-state index contributed by atoms with van der Waals surface area (Å²) in [6.07, 6.45) is -0.532. The number of carboxylic acids is 1. The zero-order valence-electron chi connectivity index (χ0n) is 15.2. The second-order valence-corrected chi connectivity index (χ2v) is 6.32. The number of carboxylic acid groups (broad SMARTS) is 1. The van der Waals surface area contributed by atoms with E-state index >= 15 is 0 Å². The van der Waals surface area contributed by atoms with Crippen LogP contribution < -0.4 is 27.4 Å². The summed E-state index contributed by atoms with van der Waals surface area (Å²) in [6.45, 7) is 5.98. The molecule has 0 saturated carbocycles. The first kappa shape index (κ1) is 23.3. The van der Waals surface area contributed by atoms with Crippen molar-refractivity contribution in [3.05, 3.63) is 0 Å². The fourth-order valence-corrected chi connectivity index (χ4v) is 1.88. The van der Waals surface area contributed by atoms with Crippen LogP contribution in [0.25, 0.3) is 0 Å². The first-order valence-corrected chi connectivity index (χ1v) is 8.04. The molecule has 4 atom stereocenters. The van der Waals surface area contributed by atoms with E-state index in [1.807, 2.05) is 0 Å². The lowest BCUT2D eigenvalue weighted by molar-refractivity contribution is -0.143. The highest BCUT2D eigenvalue weighted by atomic mass is 16.4. The Bertz CT molecular complexity index is 563. The lowest BCUT2D eigenvalue weighted by Gasteiger charge is -2.24. The molecule has 0 bridgehead atoms. The molecule has 0 aliphatic rings. The number of aliphatic carboxylic acids is 1. The number of nitrogens with two attached hydrogens (primary N) is 2. The van der Waals surface area contributed by atoms with Gasteiger partial charge in [-0.25, -0.2) is 4.79 Å². The van der Waals surface area contributed by atoms with Crippen molar-refractivity contribution < 1.29 is 29.1 Å². The van der Waals surface area contributed by atoms with Crippen LogP contribution in [0.1, 0.15) is 34.1 Å². The van der Waals surface area contributed by atoms with Crippen molar-refractivity contribution >= 4 is 29.6 Å². The number of rotatable bonds is 10. The number of carbonyl (C=O) groups is 5. The monoisotopic (exact) mass is 373 g/mol. The minimum atomic E-state index is -1.38. The molecule has 0 fully saturated rings. The average Bonchev–Trinajstić information content (AvgIpc) is 2.49. The molecule has 8 N–H and O–H groups in total. The third-order valence-corrected chi connectivity index (χ3v) is 3.43. The fraction of sp³-hybridized carbons (Fsp3) is 0.667. The molecule has 148 valence electrons. The summed E-state index contributed by atoms with van der Waals surface area (Å²) in [5.74, 6) is -4.75. The maximum absolute atomic E-state index is 12.3. The van der Waals surface area contributed by atoms with Gasteiger partial charge in [0.1, 0.15) is 18.1 Å². The maximum atomic E-state index is 12.3. The topological polar surface area (TPSA) is 194 Å². The van der Waals surface area contributed by atoms with Crippen LogP contribution in [0.5, 0.6) is 0 Å². The molecule has 11 heteroatoms. The van der Waals surface area contributed by atoms with E-state index in [2.05, 4.69) is 16.0 Å². The van der Waals surface area contributed by atoms with Gasteiger partial charge in [-0.05, 0) is 19.8 Å². The minimum absolute atomic E-state index is 0.425. The van der Waals surface area contributed by atoms with Crippen LogP contribution in [-0.2, 0) is 24.0 Å². The predicted molar refractivity (Wildman–Crippen MR) is 91.4 cm³/mol. The third-order valence-electron chi connectivity index (χ3n) is 3.43. The van der Waals surface area contributed by atoms with E-state index in [-0.39, 0.29) is 0 Å². The molecule has 26 heavy (non-hydrogen) atoms. The average molecular weight is 373 g/mol. The molecule has 0 saturated heterocycles. The van der Waals surface area contributed by atoms with Gasteiger partial charge in [-0.3, -0.25) is 19.2 Å². The lowest BCUT2D eigenvalue weighted by atomic mass is 10.0. The molecule has 0 aliphatic carbocycles. The van der Waals surface area contributed by atoms with Gasteiger partial charge in [0, 0.05) is 0 Å². The number of amides is 4. The van der Waals surface area contributed by atoms with Crippen LogP contribution >= 0.6 is 0 Å². The van der Waals surface area contributed by atoms with Crippen molar-refractivity contribution in [2.75, 3.05) is 0 Å². The van der Waals surface area contributed by atoms with Gasteiger partial charge in [-0.15, -0.1) is 0 Å². The Balaban J connectivity index is 5.11. The van der Waals surface area contributed by atoms with Gasteiger partial charge in [-0.2, -0.15) is 0 Å². The van der Waals surface area contributed by atoms with Gasteiger partial charge >= 0.3 is 5.97 Å². The van der Waals surface area contributed by atoms with E-state index in [0.29, 0.717) is 0 Å². The molecular formula is C15H27N5O6. The van der Waals surface area contributed by atoms with Crippen molar-refractivity contribution in [2.45, 2.75) is 58.3 Å². The molecular weight excluding hydrogens is 346 g/mol. The largest absolute Gasteiger partial charge is 0.480 e. The van der Waals surface area contributed by atoms with Crippen LogP contribution in [0.4, 0.5) is 0 Å². The first-order chi connectivity index (χ1) is 11.9. The van der Waals surface area contributed by atoms with Crippen molar-refractivity contribution in [3.8, 4) is 0 Å². The zero-order valence-corrected chi connectivity index (χ0v) is 15.2. The van der Waals surface area contributed by atoms with Gasteiger partial charge in [0.25, 0.3) is 0 Å². The minimum Gasteiger partial charge on any atom is -0.480 e. The Morgan fingerprint density at radius 2 is 1.42 bits per heavy atom. The van der Waals surface area contributed by atoms with E-state index in [0.717, 1.165) is 0 Å². The second-order valence-electron chi connectivity index (χ2n) is 6.32. The van der Waals surface area contributed by atoms with Crippen LogP contribution in [0.15, 0.2) is 0 Å². The Morgan fingerprint density at radius 1 is 0.885 bits per heavy atom. The molecule has 0 radical (unpaired) electrons. The smallest absolute Gasteiger partial charge is 0.326 e. The highest BCUT2D eigenvalue weighted by molar-refractivity contribution is 5.95. The van der Waals surface area contributed by atoms with Crippen LogP contribution in [0.3, 0.4) is 0 Å². The Labute approximate surface area is 151 Å². The zero-order chi connectivity index (χ0) is 20.6. The second kappa shape index (κ2) is 10.3. The fourth-order valence-electron chi connectivity index (χ4n) is 1.88. The molecule has 4 amide bonds. The van der Waals surface area contributed by atoms with E-state index in [4.69, 9.17) is 16.6 Å². The summed E-state index contributed by atoms with van der Waals surface area (Å²) >= 11 is 0. The molecule has 0 aliphatic heterocycles. The van der Waals surface area contributed by atoms with E-state index in [1.54, 1.807) is 13.8 Å². The molecule has 0 rings (SSSR count). The SMILES string of the molecule is CC(N)C(=O)NC(C)C(=O)NC(CC(N)=O)C(=O)NC(C(=O)O)C(C)C. The molecule has 0 aromatic heterocycles. The highest BCUT2D eigenvalue weighted by Gasteiger charge is 2.30.